The summed E-state index contributed by atoms with van der Waals surface area (Å²) in [6, 6.07) is 5.99. The summed E-state index contributed by atoms with van der Waals surface area (Å²) in [5.41, 5.74) is 4.84. The number of rotatable bonds is 4. The molecule has 0 bridgehead atoms. The maximum absolute atomic E-state index is 13.2. The van der Waals surface area contributed by atoms with E-state index in [2.05, 4.69) is 88.2 Å². The number of aromatic nitrogens is 3. The predicted octanol–water partition coefficient (Wildman–Crippen LogP) is 1.96. The summed E-state index contributed by atoms with van der Waals surface area (Å²) < 4.78 is 6.36. The number of H-pyrrole nitrogens is 1. The van der Waals surface area contributed by atoms with Gasteiger partial charge in [-0.2, -0.15) is 5.26 Å². The second kappa shape index (κ2) is 9.48. The first-order valence-electron chi connectivity index (χ1n) is 13.6. The molecule has 0 saturated carbocycles. The van der Waals surface area contributed by atoms with Crippen molar-refractivity contribution in [3.8, 4) is 6.07 Å². The van der Waals surface area contributed by atoms with E-state index in [4.69, 9.17) is 15.0 Å². The number of aromatic amines is 1. The predicted molar refractivity (Wildman–Crippen MR) is 163 cm³/mol. The molecule has 1 aliphatic heterocycles. The van der Waals surface area contributed by atoms with Crippen LogP contribution in [0.2, 0.25) is 11.0 Å². The van der Waals surface area contributed by atoms with E-state index >= 15 is 0 Å². The number of imidazole rings is 1. The molecule has 0 aromatic carbocycles. The molecule has 38 heavy (non-hydrogen) atoms. The monoisotopic (exact) mass is 509 g/mol. The third kappa shape index (κ3) is 5.52. The lowest BCUT2D eigenvalue weighted by Gasteiger charge is -2.48. The Kier molecular flexibility index (Phi) is 7.06. The van der Waals surface area contributed by atoms with E-state index in [1.54, 1.807) is 0 Å². The number of hydrogen-bond donors (Lipinski definition) is 2. The summed E-state index contributed by atoms with van der Waals surface area (Å²) in [6.45, 7) is 13.3. The third-order valence-electron chi connectivity index (χ3n) is 8.55. The zero-order chi connectivity index (χ0) is 28.3. The number of nitrogens with one attached hydrogen (secondary N) is 2. The Hall–Kier alpha value is -2.72. The fraction of sp³-hybridized carbons (Fsp3) is 0.556. The van der Waals surface area contributed by atoms with Crippen molar-refractivity contribution >= 4 is 48.6 Å². The lowest BCUT2D eigenvalue weighted by atomic mass is 9.37. The quantitative estimate of drug-likeness (QED) is 0.615. The first kappa shape index (κ1) is 28.3. The molecule has 3 heterocycles. The highest BCUT2D eigenvalue weighted by atomic mass is 16.5. The van der Waals surface area contributed by atoms with Gasteiger partial charge in [0, 0.05) is 17.8 Å². The first-order chi connectivity index (χ1) is 17.4. The number of anilines is 1. The topological polar surface area (TPSA) is 104 Å². The zero-order valence-electron chi connectivity index (χ0n) is 24.7. The van der Waals surface area contributed by atoms with Crippen LogP contribution in [0.5, 0.6) is 0 Å². The van der Waals surface area contributed by atoms with Crippen molar-refractivity contribution in [3.63, 3.8) is 0 Å². The van der Waals surface area contributed by atoms with E-state index in [1.807, 2.05) is 18.2 Å². The van der Waals surface area contributed by atoms with Crippen LogP contribution in [0, 0.1) is 16.7 Å². The Bertz CT molecular complexity index is 1320. The van der Waals surface area contributed by atoms with E-state index in [0.717, 1.165) is 30.7 Å². The van der Waals surface area contributed by atoms with Gasteiger partial charge in [0.05, 0.1) is 22.6 Å². The normalized spacial score (nSPS) is 24.0. The molecule has 1 aliphatic carbocycles. The van der Waals surface area contributed by atoms with E-state index in [-0.39, 0.29) is 39.3 Å². The number of hydrogen-bond acceptors (Lipinski definition) is 5. The number of carbonyl (C=O) groups is 1. The van der Waals surface area contributed by atoms with Crippen molar-refractivity contribution in [3.05, 3.63) is 46.7 Å². The van der Waals surface area contributed by atoms with Crippen LogP contribution in [0.15, 0.2) is 23.8 Å². The number of pyridine rings is 1. The highest BCUT2D eigenvalue weighted by Gasteiger charge is 2.44. The molecule has 1 amide bonds. The van der Waals surface area contributed by atoms with E-state index in [0.29, 0.717) is 11.5 Å². The molecule has 2 N–H and O–H groups in total. The van der Waals surface area contributed by atoms with Crippen molar-refractivity contribution in [1.29, 1.82) is 5.26 Å². The van der Waals surface area contributed by atoms with Gasteiger partial charge in [0.15, 0.2) is 11.5 Å². The molecule has 1 fully saturated rings. The summed E-state index contributed by atoms with van der Waals surface area (Å²) in [5.74, 6) is 0.314. The van der Waals surface area contributed by atoms with Crippen LogP contribution in [0.3, 0.4) is 0 Å². The fourth-order valence-corrected chi connectivity index (χ4v) is 7.19. The maximum atomic E-state index is 13.2. The number of carbonyl (C=O) groups excluding carboxylic acids is 1. The third-order valence-corrected chi connectivity index (χ3v) is 8.55. The minimum Gasteiger partial charge on any atom is -0.370 e. The van der Waals surface area contributed by atoms with Crippen LogP contribution < -0.4 is 5.32 Å². The van der Waals surface area contributed by atoms with Crippen molar-refractivity contribution in [2.45, 2.75) is 89.0 Å². The molecule has 11 heteroatoms. The lowest BCUT2D eigenvalue weighted by molar-refractivity contribution is -0.162. The molecule has 2 aromatic heterocycles. The standard InChI is InChI=1S/C27H39B4N5O2/c1-24(2)13-27(30,31)18(19(28)21(24)29)20-17(36-23(37)22-33-12-15(11-32)34-22)8-7-16(35-20)14-9-25(3,4)38-26(5,6)10-14/h7-8,12,14,21H,9-10,13,28-31H2,1-6H3,(H,33,34)(H,36,37). The number of nitriles is 1. The van der Waals surface area contributed by atoms with Gasteiger partial charge in [-0.15, -0.1) is 5.47 Å². The number of amides is 1. The maximum Gasteiger partial charge on any atom is 0.291 e. The summed E-state index contributed by atoms with van der Waals surface area (Å²) in [5, 5.41) is 12.0. The van der Waals surface area contributed by atoms with E-state index < -0.39 is 5.91 Å². The van der Waals surface area contributed by atoms with Crippen molar-refractivity contribution < 1.29 is 9.53 Å². The van der Waals surface area contributed by atoms with Crippen LogP contribution in [0.25, 0.3) is 5.57 Å². The van der Waals surface area contributed by atoms with Crippen LogP contribution in [0.1, 0.15) is 94.4 Å². The van der Waals surface area contributed by atoms with Gasteiger partial charge in [-0.3, -0.25) is 9.78 Å². The first-order valence-corrected chi connectivity index (χ1v) is 13.6. The molecule has 196 valence electrons. The SMILES string of the molecule is BC1=C(c2nc(C3CC(C)(C)OC(C)(C)C3)ccc2NC(=O)c2nc(C#N)c[nH]2)C(B)(B)CC(C)(C)C1B. The van der Waals surface area contributed by atoms with Gasteiger partial charge in [0.1, 0.15) is 37.5 Å². The van der Waals surface area contributed by atoms with Gasteiger partial charge in [-0.1, -0.05) is 31.3 Å². The minimum absolute atomic E-state index is 0.104. The zero-order valence-corrected chi connectivity index (χ0v) is 24.7. The Morgan fingerprint density at radius 3 is 2.34 bits per heavy atom. The van der Waals surface area contributed by atoms with Crippen molar-refractivity contribution in [2.75, 3.05) is 5.32 Å². The highest BCUT2D eigenvalue weighted by Crippen LogP contribution is 2.58. The molecule has 0 radical (unpaired) electrons. The van der Waals surface area contributed by atoms with Gasteiger partial charge < -0.3 is 15.0 Å². The van der Waals surface area contributed by atoms with Crippen LogP contribution >= 0.6 is 0 Å². The molecular weight excluding hydrogens is 470 g/mol. The smallest absolute Gasteiger partial charge is 0.291 e. The molecule has 1 saturated heterocycles. The molecule has 2 aromatic rings. The second-order valence-electron chi connectivity index (χ2n) is 13.9. The molecule has 0 spiro atoms. The minimum atomic E-state index is -0.393. The van der Waals surface area contributed by atoms with Crippen LogP contribution in [-0.2, 0) is 4.74 Å². The highest BCUT2D eigenvalue weighted by molar-refractivity contribution is 6.49. The summed E-state index contributed by atoms with van der Waals surface area (Å²) in [4.78, 5) is 25.4. The Morgan fingerprint density at radius 1 is 1.13 bits per heavy atom. The Balaban J connectivity index is 1.85. The van der Waals surface area contributed by atoms with Gasteiger partial charge in [0.25, 0.3) is 5.91 Å². The molecule has 1 unspecified atom stereocenters. The second-order valence-corrected chi connectivity index (χ2v) is 13.9. The van der Waals surface area contributed by atoms with E-state index in [1.165, 1.54) is 17.2 Å². The number of allylic oxidation sites excluding steroid dienone is 2. The largest absolute Gasteiger partial charge is 0.370 e. The number of ether oxygens (including phenoxy) is 1. The fourth-order valence-electron chi connectivity index (χ4n) is 7.19. The van der Waals surface area contributed by atoms with E-state index in [9.17, 15) is 4.79 Å². The molecule has 1 atom stereocenters. The molecule has 4 rings (SSSR count). The van der Waals surface area contributed by atoms with Crippen LogP contribution in [0.4, 0.5) is 5.69 Å². The average Bonchev–Trinajstić information content (AvgIpc) is 3.25. The molecule has 7 nitrogen and oxygen atoms in total. The van der Waals surface area contributed by atoms with Gasteiger partial charge in [-0.25, -0.2) is 4.98 Å². The van der Waals surface area contributed by atoms with Crippen LogP contribution in [-0.4, -0.2) is 63.4 Å². The lowest BCUT2D eigenvalue weighted by Crippen LogP contribution is -2.44. The molecular formula is C27H39B4N5O2. The number of nitrogens with zero attached hydrogens (tertiary/aromatic N) is 3. The summed E-state index contributed by atoms with van der Waals surface area (Å²) >= 11 is 0. The van der Waals surface area contributed by atoms with Gasteiger partial charge >= 0.3 is 0 Å². The van der Waals surface area contributed by atoms with Crippen molar-refractivity contribution in [1.82, 2.24) is 15.0 Å². The Labute approximate surface area is 230 Å². The van der Waals surface area contributed by atoms with Gasteiger partial charge in [0.2, 0.25) is 0 Å². The average molecular weight is 509 g/mol. The summed E-state index contributed by atoms with van der Waals surface area (Å²) in [7, 11) is 9.08. The van der Waals surface area contributed by atoms with Crippen molar-refractivity contribution in [2.24, 2.45) is 5.41 Å². The summed E-state index contributed by atoms with van der Waals surface area (Å²) in [6.07, 6.45) is 4.20. The van der Waals surface area contributed by atoms with Gasteiger partial charge in [-0.05, 0) is 63.7 Å². The molecule has 2 aliphatic rings. The Morgan fingerprint density at radius 2 is 1.76 bits per heavy atom.